The molecule has 0 unspecified atom stereocenters. The molecule has 5 heteroatoms. The van der Waals surface area contributed by atoms with Crippen molar-refractivity contribution in [2.24, 2.45) is 0 Å². The fourth-order valence-electron chi connectivity index (χ4n) is 3.40. The lowest BCUT2D eigenvalue weighted by molar-refractivity contribution is -0.0901. The third kappa shape index (κ3) is 4.05. The summed E-state index contributed by atoms with van der Waals surface area (Å²) in [6.45, 7) is 5.58. The van der Waals surface area contributed by atoms with Crippen LogP contribution in [-0.2, 0) is 16.0 Å². The van der Waals surface area contributed by atoms with Crippen molar-refractivity contribution in [2.45, 2.75) is 31.1 Å². The molecule has 0 saturated carbocycles. The van der Waals surface area contributed by atoms with Gasteiger partial charge in [-0.25, -0.2) is 0 Å². The molecule has 3 heterocycles. The number of rotatable bonds is 4. The Hall–Kier alpha value is -0.460. The maximum atomic E-state index is 6.43. The van der Waals surface area contributed by atoms with Crippen LogP contribution in [0.5, 0.6) is 0 Å². The van der Waals surface area contributed by atoms with E-state index in [-0.39, 0.29) is 5.60 Å². The summed E-state index contributed by atoms with van der Waals surface area (Å²) in [5.41, 5.74) is -0.0889. The molecule has 21 heavy (non-hydrogen) atoms. The van der Waals surface area contributed by atoms with Crippen molar-refractivity contribution in [3.8, 4) is 0 Å². The molecule has 3 rings (SSSR count). The van der Waals surface area contributed by atoms with Gasteiger partial charge < -0.3 is 14.4 Å². The lowest BCUT2D eigenvalue weighted by Crippen LogP contribution is -2.44. The van der Waals surface area contributed by atoms with Crippen molar-refractivity contribution in [2.75, 3.05) is 46.9 Å². The highest BCUT2D eigenvalue weighted by molar-refractivity contribution is 7.09. The van der Waals surface area contributed by atoms with Gasteiger partial charge >= 0.3 is 0 Å². The van der Waals surface area contributed by atoms with E-state index in [2.05, 4.69) is 41.4 Å². The van der Waals surface area contributed by atoms with E-state index in [4.69, 9.17) is 9.47 Å². The third-order valence-electron chi connectivity index (χ3n) is 4.30. The van der Waals surface area contributed by atoms with Gasteiger partial charge in [0.25, 0.3) is 0 Å². The van der Waals surface area contributed by atoms with Crippen molar-refractivity contribution in [1.82, 2.24) is 9.80 Å². The molecule has 2 fully saturated rings. The van der Waals surface area contributed by atoms with Crippen LogP contribution in [0.2, 0.25) is 0 Å². The number of ether oxygens (including phenoxy) is 2. The molecule has 2 saturated heterocycles. The van der Waals surface area contributed by atoms with Crippen molar-refractivity contribution in [3.63, 3.8) is 0 Å². The highest BCUT2D eigenvalue weighted by atomic mass is 32.1. The van der Waals surface area contributed by atoms with E-state index in [0.717, 1.165) is 52.2 Å². The molecule has 0 aliphatic carbocycles. The second kappa shape index (κ2) is 6.75. The van der Waals surface area contributed by atoms with Crippen LogP contribution in [0, 0.1) is 0 Å². The first-order valence-corrected chi connectivity index (χ1v) is 8.68. The molecule has 0 bridgehead atoms. The number of thiophene rings is 1. The Morgan fingerprint density at radius 1 is 1.48 bits per heavy atom. The van der Waals surface area contributed by atoms with Crippen LogP contribution in [0.25, 0.3) is 0 Å². The lowest BCUT2D eigenvalue weighted by Gasteiger charge is -2.32. The molecule has 1 aromatic heterocycles. The first-order valence-electron chi connectivity index (χ1n) is 7.80. The minimum atomic E-state index is -0.0889. The van der Waals surface area contributed by atoms with E-state index < -0.39 is 0 Å². The van der Waals surface area contributed by atoms with Crippen molar-refractivity contribution >= 4 is 11.3 Å². The fourth-order valence-corrected chi connectivity index (χ4v) is 4.14. The summed E-state index contributed by atoms with van der Waals surface area (Å²) in [4.78, 5) is 6.14. The lowest BCUT2D eigenvalue weighted by atomic mass is 10.00. The van der Waals surface area contributed by atoms with Crippen LogP contribution in [0.3, 0.4) is 0 Å². The van der Waals surface area contributed by atoms with Gasteiger partial charge in [-0.3, -0.25) is 4.90 Å². The standard InChI is InChI=1S/C16H26N2O2S/c1-17(2)10-14-5-6-16(20-14)12-18(7-8-19-13-16)11-15-4-3-9-21-15/h3-4,9,14H,5-8,10-13H2,1-2H3/t14-,16+/m1/s1. The van der Waals surface area contributed by atoms with E-state index in [9.17, 15) is 0 Å². The summed E-state index contributed by atoms with van der Waals surface area (Å²) < 4.78 is 12.3. The first-order chi connectivity index (χ1) is 10.2. The Labute approximate surface area is 131 Å². The number of nitrogens with zero attached hydrogens (tertiary/aromatic N) is 2. The molecule has 0 N–H and O–H groups in total. The number of hydrogen-bond acceptors (Lipinski definition) is 5. The summed E-state index contributed by atoms with van der Waals surface area (Å²) in [7, 11) is 4.22. The Kier molecular flexibility index (Phi) is 4.96. The van der Waals surface area contributed by atoms with Gasteiger partial charge in [0.1, 0.15) is 5.60 Å². The zero-order chi connectivity index (χ0) is 14.7. The zero-order valence-electron chi connectivity index (χ0n) is 13.1. The predicted octanol–water partition coefficient (Wildman–Crippen LogP) is 2.06. The van der Waals surface area contributed by atoms with Crippen LogP contribution >= 0.6 is 11.3 Å². The Morgan fingerprint density at radius 3 is 3.14 bits per heavy atom. The summed E-state index contributed by atoms with van der Waals surface area (Å²) >= 11 is 1.83. The summed E-state index contributed by atoms with van der Waals surface area (Å²) in [6, 6.07) is 4.34. The van der Waals surface area contributed by atoms with Gasteiger partial charge in [-0.2, -0.15) is 0 Å². The van der Waals surface area contributed by atoms with Gasteiger partial charge in [-0.15, -0.1) is 11.3 Å². The maximum Gasteiger partial charge on any atom is 0.105 e. The summed E-state index contributed by atoms with van der Waals surface area (Å²) in [6.07, 6.45) is 2.62. The van der Waals surface area contributed by atoms with Gasteiger partial charge in [0.05, 0.1) is 19.3 Å². The molecule has 1 aromatic rings. The van der Waals surface area contributed by atoms with Crippen molar-refractivity contribution < 1.29 is 9.47 Å². The molecule has 1 spiro atoms. The van der Waals surface area contributed by atoms with E-state index in [1.54, 1.807) is 0 Å². The zero-order valence-corrected chi connectivity index (χ0v) is 13.9. The molecule has 118 valence electrons. The largest absolute Gasteiger partial charge is 0.377 e. The van der Waals surface area contributed by atoms with Crippen LogP contribution in [-0.4, -0.2) is 68.4 Å². The normalized spacial score (nSPS) is 31.1. The van der Waals surface area contributed by atoms with Crippen LogP contribution in [0.1, 0.15) is 17.7 Å². The fraction of sp³-hybridized carbons (Fsp3) is 0.750. The molecule has 0 amide bonds. The number of likely N-dealkylation sites (N-methyl/N-ethyl adjacent to an activating group) is 1. The van der Waals surface area contributed by atoms with E-state index in [1.807, 2.05) is 11.3 Å². The topological polar surface area (TPSA) is 24.9 Å². The first kappa shape index (κ1) is 15.4. The predicted molar refractivity (Wildman–Crippen MR) is 85.8 cm³/mol. The molecule has 4 nitrogen and oxygen atoms in total. The van der Waals surface area contributed by atoms with E-state index in [1.165, 1.54) is 4.88 Å². The van der Waals surface area contributed by atoms with Crippen molar-refractivity contribution in [3.05, 3.63) is 22.4 Å². The Balaban J connectivity index is 1.62. The number of hydrogen-bond donors (Lipinski definition) is 0. The molecular formula is C16H26N2O2S. The van der Waals surface area contributed by atoms with Crippen LogP contribution in [0.4, 0.5) is 0 Å². The van der Waals surface area contributed by atoms with Gasteiger partial charge in [0, 0.05) is 31.1 Å². The maximum absolute atomic E-state index is 6.43. The van der Waals surface area contributed by atoms with E-state index >= 15 is 0 Å². The molecule has 0 radical (unpaired) electrons. The van der Waals surface area contributed by atoms with Gasteiger partial charge in [0.15, 0.2) is 0 Å². The minimum absolute atomic E-state index is 0.0889. The highest BCUT2D eigenvalue weighted by Gasteiger charge is 2.43. The molecule has 2 aliphatic rings. The van der Waals surface area contributed by atoms with Gasteiger partial charge in [0.2, 0.25) is 0 Å². The smallest absolute Gasteiger partial charge is 0.105 e. The second-order valence-corrected chi connectivity index (χ2v) is 7.60. The van der Waals surface area contributed by atoms with Crippen molar-refractivity contribution in [1.29, 1.82) is 0 Å². The Morgan fingerprint density at radius 2 is 2.38 bits per heavy atom. The summed E-state index contributed by atoms with van der Waals surface area (Å²) in [5.74, 6) is 0. The Bertz CT molecular complexity index is 437. The quantitative estimate of drug-likeness (QED) is 0.850. The molecule has 2 atom stereocenters. The molecule has 2 aliphatic heterocycles. The van der Waals surface area contributed by atoms with E-state index in [0.29, 0.717) is 6.10 Å². The minimum Gasteiger partial charge on any atom is -0.377 e. The molecule has 0 aromatic carbocycles. The second-order valence-electron chi connectivity index (χ2n) is 6.57. The van der Waals surface area contributed by atoms with Gasteiger partial charge in [-0.05, 0) is 38.4 Å². The highest BCUT2D eigenvalue weighted by Crippen LogP contribution is 2.33. The summed E-state index contributed by atoms with van der Waals surface area (Å²) in [5, 5.41) is 2.15. The third-order valence-corrected chi connectivity index (χ3v) is 5.16. The molecular weight excluding hydrogens is 284 g/mol. The SMILES string of the molecule is CN(C)C[C@H]1CC[C@]2(COCCN(Cc3cccs3)C2)O1. The van der Waals surface area contributed by atoms with Crippen LogP contribution in [0.15, 0.2) is 17.5 Å². The monoisotopic (exact) mass is 310 g/mol. The van der Waals surface area contributed by atoms with Gasteiger partial charge in [-0.1, -0.05) is 6.07 Å². The average Bonchev–Trinajstić information content (AvgIpc) is 3.00. The van der Waals surface area contributed by atoms with Crippen LogP contribution < -0.4 is 0 Å². The average molecular weight is 310 g/mol.